The molecule has 0 unspecified atom stereocenters. The van der Waals surface area contributed by atoms with Crippen LogP contribution in [0.1, 0.15) is 40.9 Å². The van der Waals surface area contributed by atoms with Crippen molar-refractivity contribution in [1.29, 1.82) is 0 Å². The van der Waals surface area contributed by atoms with Gasteiger partial charge in [-0.2, -0.15) is 0 Å². The normalized spacial score (nSPS) is 18.2. The average molecular weight is 463 g/mol. The van der Waals surface area contributed by atoms with Gasteiger partial charge in [-0.25, -0.2) is 4.98 Å². The van der Waals surface area contributed by atoms with E-state index in [1.165, 1.54) is 12.0 Å². The van der Waals surface area contributed by atoms with Gasteiger partial charge in [0.25, 0.3) is 0 Å². The van der Waals surface area contributed by atoms with E-state index in [1.807, 2.05) is 57.2 Å². The van der Waals surface area contributed by atoms with Crippen LogP contribution in [0.3, 0.4) is 0 Å². The summed E-state index contributed by atoms with van der Waals surface area (Å²) in [6.45, 7) is 6.58. The Labute approximate surface area is 198 Å². The number of nitrogens with one attached hydrogen (secondary N) is 2. The van der Waals surface area contributed by atoms with Crippen LogP contribution in [0.2, 0.25) is 0 Å². The minimum atomic E-state index is -1.23. The van der Waals surface area contributed by atoms with Crippen molar-refractivity contribution >= 4 is 28.8 Å². The first-order valence-corrected chi connectivity index (χ1v) is 11.4. The van der Waals surface area contributed by atoms with Gasteiger partial charge < -0.3 is 15.0 Å². The highest BCUT2D eigenvalue weighted by Gasteiger charge is 2.54. The third kappa shape index (κ3) is 4.33. The van der Waals surface area contributed by atoms with Crippen LogP contribution in [-0.4, -0.2) is 52.9 Å². The van der Waals surface area contributed by atoms with Crippen molar-refractivity contribution < 1.29 is 19.1 Å². The molecule has 1 fully saturated rings. The molecule has 2 heterocycles. The maximum atomic E-state index is 13.5. The number of carbonyl (C=O) groups excluding carboxylic acids is 3. The first kappa shape index (κ1) is 23.6. The zero-order valence-corrected chi connectivity index (χ0v) is 20.0. The predicted molar refractivity (Wildman–Crippen MR) is 128 cm³/mol. The highest BCUT2D eigenvalue weighted by atomic mass is 16.5. The number of imidazole rings is 1. The van der Waals surface area contributed by atoms with Gasteiger partial charge in [0.05, 0.1) is 36.1 Å². The number of hydrogen-bond acceptors (Lipinski definition) is 5. The molecule has 1 atom stereocenters. The Morgan fingerprint density at radius 3 is 2.62 bits per heavy atom. The van der Waals surface area contributed by atoms with Crippen LogP contribution >= 0.6 is 0 Å². The molecule has 4 rings (SSSR count). The number of fused-ring (bicyclic) bond motifs is 1. The molecular weight excluding hydrogens is 432 g/mol. The summed E-state index contributed by atoms with van der Waals surface area (Å²) < 4.78 is 5.07. The topological polar surface area (TPSA) is 104 Å². The number of nitrogens with zero attached hydrogens (tertiary/aromatic N) is 2. The fraction of sp³-hybridized carbons (Fsp3) is 0.385. The van der Waals surface area contributed by atoms with E-state index in [0.29, 0.717) is 11.4 Å². The highest BCUT2D eigenvalue weighted by Crippen LogP contribution is 2.41. The van der Waals surface area contributed by atoms with Crippen LogP contribution in [0.5, 0.6) is 0 Å². The summed E-state index contributed by atoms with van der Waals surface area (Å²) in [7, 11) is 1.52. The minimum Gasteiger partial charge on any atom is -0.383 e. The molecule has 178 valence electrons. The molecule has 0 saturated carbocycles. The lowest BCUT2D eigenvalue weighted by atomic mass is 9.74. The minimum absolute atomic E-state index is 0.0446. The smallest absolute Gasteiger partial charge is 0.240 e. The molecule has 1 aliphatic heterocycles. The van der Waals surface area contributed by atoms with Crippen LogP contribution in [0, 0.1) is 20.8 Å². The lowest BCUT2D eigenvalue weighted by Gasteiger charge is -2.28. The predicted octanol–water partition coefficient (Wildman–Crippen LogP) is 2.84. The second-order valence-corrected chi connectivity index (χ2v) is 9.01. The molecule has 1 aliphatic rings. The number of aryl methyl sites for hydroxylation is 3. The van der Waals surface area contributed by atoms with Crippen molar-refractivity contribution in [2.45, 2.75) is 45.6 Å². The zero-order valence-electron chi connectivity index (χ0n) is 20.0. The number of aromatic nitrogens is 2. The van der Waals surface area contributed by atoms with Crippen molar-refractivity contribution in [2.75, 3.05) is 20.3 Å². The summed E-state index contributed by atoms with van der Waals surface area (Å²) in [5.74, 6) is -0.325. The van der Waals surface area contributed by atoms with Crippen molar-refractivity contribution in [3.63, 3.8) is 0 Å². The van der Waals surface area contributed by atoms with Gasteiger partial charge in [-0.15, -0.1) is 0 Å². The monoisotopic (exact) mass is 462 g/mol. The molecular formula is C26H30N4O4. The number of ether oxygens (including phenoxy) is 1. The Morgan fingerprint density at radius 1 is 1.15 bits per heavy atom. The van der Waals surface area contributed by atoms with Crippen LogP contribution < -0.4 is 5.32 Å². The SMILES string of the molecule is COCCN1C(=O)C[C@](CC(=O)NCc2nc3cc(C)c(C)cc3[nH]2)(c2ccccc2C)C1=O. The number of rotatable bonds is 8. The molecule has 2 N–H and O–H groups in total. The Kier molecular flexibility index (Phi) is 6.52. The molecule has 1 saturated heterocycles. The summed E-state index contributed by atoms with van der Waals surface area (Å²) in [4.78, 5) is 48.5. The second-order valence-electron chi connectivity index (χ2n) is 9.01. The number of benzene rings is 2. The third-order valence-electron chi connectivity index (χ3n) is 6.65. The van der Waals surface area contributed by atoms with E-state index in [9.17, 15) is 14.4 Å². The second kappa shape index (κ2) is 9.38. The number of aromatic amines is 1. The quantitative estimate of drug-likeness (QED) is 0.501. The summed E-state index contributed by atoms with van der Waals surface area (Å²) >= 11 is 0. The van der Waals surface area contributed by atoms with Crippen LogP contribution in [-0.2, 0) is 31.1 Å². The van der Waals surface area contributed by atoms with Gasteiger partial charge in [-0.05, 0) is 55.2 Å². The van der Waals surface area contributed by atoms with Gasteiger partial charge in [0, 0.05) is 20.0 Å². The fourth-order valence-electron chi connectivity index (χ4n) is 4.69. The molecule has 8 heteroatoms. The van der Waals surface area contributed by atoms with E-state index in [-0.39, 0.29) is 50.3 Å². The molecule has 8 nitrogen and oxygen atoms in total. The first-order chi connectivity index (χ1) is 16.2. The standard InChI is InChI=1S/C26H30N4O4/c1-16-7-5-6-8-19(16)26(14-24(32)30(25(26)33)9-10-34-4)13-23(31)27-15-22-28-20-11-17(2)18(3)12-21(20)29-22/h5-8,11-12H,9-10,13-15H2,1-4H3,(H,27,31)(H,28,29)/t26-/m1/s1. The first-order valence-electron chi connectivity index (χ1n) is 11.4. The number of H-pyrrole nitrogens is 1. The Morgan fingerprint density at radius 2 is 1.88 bits per heavy atom. The number of carbonyl (C=O) groups is 3. The van der Waals surface area contributed by atoms with Gasteiger partial charge in [-0.3, -0.25) is 19.3 Å². The molecule has 3 aromatic rings. The maximum Gasteiger partial charge on any atom is 0.240 e. The Balaban J connectivity index is 1.56. The summed E-state index contributed by atoms with van der Waals surface area (Å²) in [5.41, 5.74) is 4.41. The van der Waals surface area contributed by atoms with E-state index in [1.54, 1.807) is 0 Å². The zero-order chi connectivity index (χ0) is 24.5. The van der Waals surface area contributed by atoms with Crippen LogP contribution in [0.25, 0.3) is 11.0 Å². The average Bonchev–Trinajstić information content (AvgIpc) is 3.29. The number of imide groups is 1. The molecule has 34 heavy (non-hydrogen) atoms. The Hall–Kier alpha value is -3.52. The molecule has 1 aromatic heterocycles. The van der Waals surface area contributed by atoms with E-state index in [4.69, 9.17) is 4.74 Å². The van der Waals surface area contributed by atoms with Crippen molar-refractivity contribution in [2.24, 2.45) is 0 Å². The number of amides is 3. The molecule has 0 spiro atoms. The fourth-order valence-corrected chi connectivity index (χ4v) is 4.69. The van der Waals surface area contributed by atoms with Crippen LogP contribution in [0.15, 0.2) is 36.4 Å². The van der Waals surface area contributed by atoms with E-state index < -0.39 is 5.41 Å². The molecule has 2 aromatic carbocycles. The van der Waals surface area contributed by atoms with Gasteiger partial charge >= 0.3 is 0 Å². The molecule has 0 aliphatic carbocycles. The van der Waals surface area contributed by atoms with E-state index >= 15 is 0 Å². The van der Waals surface area contributed by atoms with Gasteiger partial charge in [0.1, 0.15) is 5.82 Å². The van der Waals surface area contributed by atoms with E-state index in [0.717, 1.165) is 27.7 Å². The van der Waals surface area contributed by atoms with Crippen LogP contribution in [0.4, 0.5) is 0 Å². The van der Waals surface area contributed by atoms with Gasteiger partial charge in [0.2, 0.25) is 17.7 Å². The lowest BCUT2D eigenvalue weighted by molar-refractivity contribution is -0.141. The van der Waals surface area contributed by atoms with Gasteiger partial charge in [-0.1, -0.05) is 24.3 Å². The summed E-state index contributed by atoms with van der Waals surface area (Å²) in [5, 5.41) is 2.88. The van der Waals surface area contributed by atoms with Gasteiger partial charge in [0.15, 0.2) is 0 Å². The summed E-state index contributed by atoms with van der Waals surface area (Å²) in [6, 6.07) is 11.5. The van der Waals surface area contributed by atoms with Crippen molar-refractivity contribution in [1.82, 2.24) is 20.2 Å². The molecule has 3 amide bonds. The molecule has 0 radical (unpaired) electrons. The maximum absolute atomic E-state index is 13.5. The Bertz CT molecular complexity index is 1230. The number of hydrogen-bond donors (Lipinski definition) is 2. The van der Waals surface area contributed by atoms with Crippen molar-refractivity contribution in [3.05, 3.63) is 64.5 Å². The number of methoxy groups -OCH3 is 1. The highest BCUT2D eigenvalue weighted by molar-refractivity contribution is 6.11. The van der Waals surface area contributed by atoms with Crippen molar-refractivity contribution in [3.8, 4) is 0 Å². The summed E-state index contributed by atoms with van der Waals surface area (Å²) in [6.07, 6.45) is -0.165. The number of likely N-dealkylation sites (tertiary alicyclic amines) is 1. The largest absolute Gasteiger partial charge is 0.383 e. The third-order valence-corrected chi connectivity index (χ3v) is 6.65. The lowest BCUT2D eigenvalue weighted by Crippen LogP contribution is -2.43. The van der Waals surface area contributed by atoms with E-state index in [2.05, 4.69) is 15.3 Å². The molecule has 0 bridgehead atoms.